The predicted molar refractivity (Wildman–Crippen MR) is 134 cm³/mol. The van der Waals surface area contributed by atoms with Crippen molar-refractivity contribution in [2.75, 3.05) is 18.5 Å². The first-order valence-corrected chi connectivity index (χ1v) is 11.6. The fourth-order valence-corrected chi connectivity index (χ4v) is 4.26. The standard InChI is InChI=1S/C28H28N2O5/c1-3-28(2,26(32)33)17-29-25(31)22-14-8-9-15-24(22)30-27(34)35-16-23-20-12-6-4-10-18(20)19-11-5-7-13-21(19)23/h4-15,23H,3,16-17H2,1-2H3,(H,29,31)(H,30,34)(H,32,33). The molecule has 3 aromatic rings. The first kappa shape index (κ1) is 24.0. The molecule has 1 unspecified atom stereocenters. The van der Waals surface area contributed by atoms with Crippen LogP contribution in [-0.4, -0.2) is 36.2 Å². The van der Waals surface area contributed by atoms with Crippen molar-refractivity contribution in [3.8, 4) is 11.1 Å². The van der Waals surface area contributed by atoms with Gasteiger partial charge in [0.25, 0.3) is 5.91 Å². The Morgan fingerprint density at radius 3 is 2.09 bits per heavy atom. The number of anilines is 1. The molecule has 0 saturated carbocycles. The molecule has 1 aliphatic carbocycles. The zero-order valence-electron chi connectivity index (χ0n) is 19.7. The second-order valence-electron chi connectivity index (χ2n) is 8.90. The Hall–Kier alpha value is -4.13. The third-order valence-electron chi connectivity index (χ3n) is 6.69. The molecule has 0 bridgehead atoms. The van der Waals surface area contributed by atoms with Gasteiger partial charge in [0.15, 0.2) is 0 Å². The highest BCUT2D eigenvalue weighted by Crippen LogP contribution is 2.44. The topological polar surface area (TPSA) is 105 Å². The van der Waals surface area contributed by atoms with Crippen LogP contribution in [0, 0.1) is 5.41 Å². The monoisotopic (exact) mass is 472 g/mol. The largest absolute Gasteiger partial charge is 0.481 e. The molecule has 0 heterocycles. The molecule has 4 rings (SSSR count). The van der Waals surface area contributed by atoms with E-state index in [0.717, 1.165) is 22.3 Å². The quantitative estimate of drug-likeness (QED) is 0.414. The Morgan fingerprint density at radius 2 is 1.49 bits per heavy atom. The lowest BCUT2D eigenvalue weighted by atomic mass is 9.87. The van der Waals surface area contributed by atoms with Gasteiger partial charge in [-0.3, -0.25) is 14.9 Å². The van der Waals surface area contributed by atoms with Crippen LogP contribution in [0.4, 0.5) is 10.5 Å². The van der Waals surface area contributed by atoms with Crippen molar-refractivity contribution in [1.82, 2.24) is 5.32 Å². The van der Waals surface area contributed by atoms with Gasteiger partial charge < -0.3 is 15.2 Å². The van der Waals surface area contributed by atoms with E-state index in [0.29, 0.717) is 6.42 Å². The lowest BCUT2D eigenvalue weighted by Gasteiger charge is -2.23. The fourth-order valence-electron chi connectivity index (χ4n) is 4.26. The highest BCUT2D eigenvalue weighted by Gasteiger charge is 2.32. The third-order valence-corrected chi connectivity index (χ3v) is 6.69. The van der Waals surface area contributed by atoms with Gasteiger partial charge in [0.05, 0.1) is 16.7 Å². The minimum atomic E-state index is -1.08. The normalized spacial score (nSPS) is 13.8. The number of hydrogen-bond acceptors (Lipinski definition) is 4. The van der Waals surface area contributed by atoms with Gasteiger partial charge in [-0.1, -0.05) is 67.6 Å². The van der Waals surface area contributed by atoms with Crippen LogP contribution < -0.4 is 10.6 Å². The Labute approximate surface area is 204 Å². The van der Waals surface area contributed by atoms with Gasteiger partial charge in [-0.05, 0) is 47.7 Å². The van der Waals surface area contributed by atoms with Crippen molar-refractivity contribution in [2.24, 2.45) is 5.41 Å². The van der Waals surface area contributed by atoms with Crippen molar-refractivity contribution >= 4 is 23.7 Å². The van der Waals surface area contributed by atoms with Gasteiger partial charge in [0.1, 0.15) is 6.61 Å². The number of ether oxygens (including phenoxy) is 1. The van der Waals surface area contributed by atoms with E-state index in [1.807, 2.05) is 36.4 Å². The number of benzene rings is 3. The van der Waals surface area contributed by atoms with Gasteiger partial charge in [-0.2, -0.15) is 0 Å². The number of para-hydroxylation sites is 1. The van der Waals surface area contributed by atoms with Crippen LogP contribution in [0.5, 0.6) is 0 Å². The summed E-state index contributed by atoms with van der Waals surface area (Å²) < 4.78 is 5.58. The summed E-state index contributed by atoms with van der Waals surface area (Å²) in [5.74, 6) is -1.53. The summed E-state index contributed by atoms with van der Waals surface area (Å²) in [5.41, 5.74) is 3.93. The number of aliphatic carboxylic acids is 1. The summed E-state index contributed by atoms with van der Waals surface area (Å²) in [5, 5.41) is 14.8. The van der Waals surface area contributed by atoms with Crippen molar-refractivity contribution in [2.45, 2.75) is 26.2 Å². The zero-order valence-corrected chi connectivity index (χ0v) is 19.7. The maximum absolute atomic E-state index is 12.8. The molecule has 0 aliphatic heterocycles. The number of carboxylic acid groups (broad SMARTS) is 1. The highest BCUT2D eigenvalue weighted by atomic mass is 16.5. The van der Waals surface area contributed by atoms with Crippen LogP contribution in [0.3, 0.4) is 0 Å². The first-order chi connectivity index (χ1) is 16.8. The molecule has 0 spiro atoms. The van der Waals surface area contributed by atoms with Gasteiger partial charge in [0, 0.05) is 12.5 Å². The minimum Gasteiger partial charge on any atom is -0.481 e. The molecule has 3 aromatic carbocycles. The predicted octanol–water partition coefficient (Wildman–Crippen LogP) is 5.28. The smallest absolute Gasteiger partial charge is 0.411 e. The molecule has 35 heavy (non-hydrogen) atoms. The molecule has 180 valence electrons. The summed E-state index contributed by atoms with van der Waals surface area (Å²) >= 11 is 0. The molecule has 2 amide bonds. The maximum Gasteiger partial charge on any atom is 0.411 e. The Morgan fingerprint density at radius 1 is 0.914 bits per heavy atom. The van der Waals surface area contributed by atoms with Crippen molar-refractivity contribution in [3.05, 3.63) is 89.5 Å². The summed E-state index contributed by atoms with van der Waals surface area (Å²) in [6, 6.07) is 22.7. The van der Waals surface area contributed by atoms with Crippen LogP contribution in [0.2, 0.25) is 0 Å². The van der Waals surface area contributed by atoms with E-state index >= 15 is 0 Å². The first-order valence-electron chi connectivity index (χ1n) is 11.6. The van der Waals surface area contributed by atoms with Crippen molar-refractivity contribution in [3.63, 3.8) is 0 Å². The Bertz CT molecular complexity index is 1230. The molecule has 0 radical (unpaired) electrons. The van der Waals surface area contributed by atoms with Gasteiger partial charge in [-0.25, -0.2) is 4.79 Å². The van der Waals surface area contributed by atoms with E-state index in [9.17, 15) is 19.5 Å². The third kappa shape index (κ3) is 4.89. The van der Waals surface area contributed by atoms with Crippen molar-refractivity contribution < 1.29 is 24.2 Å². The van der Waals surface area contributed by atoms with E-state index in [1.165, 1.54) is 0 Å². The summed E-state index contributed by atoms with van der Waals surface area (Å²) in [7, 11) is 0. The molecular weight excluding hydrogens is 444 g/mol. The van der Waals surface area contributed by atoms with Crippen LogP contribution in [0.15, 0.2) is 72.8 Å². The van der Waals surface area contributed by atoms with Gasteiger partial charge >= 0.3 is 12.1 Å². The highest BCUT2D eigenvalue weighted by molar-refractivity contribution is 6.02. The second kappa shape index (κ2) is 10.0. The van der Waals surface area contributed by atoms with E-state index in [4.69, 9.17) is 4.74 Å². The van der Waals surface area contributed by atoms with Crippen LogP contribution in [-0.2, 0) is 9.53 Å². The van der Waals surface area contributed by atoms with E-state index in [1.54, 1.807) is 38.1 Å². The second-order valence-corrected chi connectivity index (χ2v) is 8.90. The molecule has 3 N–H and O–H groups in total. The molecule has 7 heteroatoms. The molecule has 1 aliphatic rings. The molecule has 7 nitrogen and oxygen atoms in total. The lowest BCUT2D eigenvalue weighted by molar-refractivity contribution is -0.147. The average Bonchev–Trinajstić information content (AvgIpc) is 3.19. The number of nitrogens with one attached hydrogen (secondary N) is 2. The zero-order chi connectivity index (χ0) is 25.0. The number of hydrogen-bond donors (Lipinski definition) is 3. The molecular formula is C28H28N2O5. The van der Waals surface area contributed by atoms with E-state index in [2.05, 4.69) is 22.8 Å². The van der Waals surface area contributed by atoms with Crippen LogP contribution in [0.1, 0.15) is 47.7 Å². The Kier molecular flexibility index (Phi) is 6.87. The van der Waals surface area contributed by atoms with E-state index in [-0.39, 0.29) is 30.3 Å². The minimum absolute atomic E-state index is 0.0308. The van der Waals surface area contributed by atoms with Crippen molar-refractivity contribution in [1.29, 1.82) is 0 Å². The number of amides is 2. The summed E-state index contributed by atoms with van der Waals surface area (Å²) in [6.45, 7) is 3.46. The number of carboxylic acids is 1. The fraction of sp³-hybridized carbons (Fsp3) is 0.250. The average molecular weight is 473 g/mol. The molecule has 1 atom stereocenters. The SMILES string of the molecule is CCC(C)(CNC(=O)c1ccccc1NC(=O)OCC1c2ccccc2-c2ccccc21)C(=O)O. The van der Waals surface area contributed by atoms with E-state index < -0.39 is 23.4 Å². The summed E-state index contributed by atoms with van der Waals surface area (Å²) in [6.07, 6.45) is -0.307. The lowest BCUT2D eigenvalue weighted by Crippen LogP contribution is -2.40. The van der Waals surface area contributed by atoms with Crippen LogP contribution in [0.25, 0.3) is 11.1 Å². The Balaban J connectivity index is 1.43. The van der Waals surface area contributed by atoms with Gasteiger partial charge in [0.2, 0.25) is 0 Å². The summed E-state index contributed by atoms with van der Waals surface area (Å²) in [4.78, 5) is 37.0. The van der Waals surface area contributed by atoms with Gasteiger partial charge in [-0.15, -0.1) is 0 Å². The molecule has 0 saturated heterocycles. The van der Waals surface area contributed by atoms with Crippen LogP contribution >= 0.6 is 0 Å². The molecule has 0 aromatic heterocycles. The number of fused-ring (bicyclic) bond motifs is 3. The molecule has 0 fully saturated rings. The number of carbonyl (C=O) groups excluding carboxylic acids is 2. The maximum atomic E-state index is 12.8. The number of rotatable bonds is 8. The number of carbonyl (C=O) groups is 3.